The molecule has 0 aliphatic carbocycles. The van der Waals surface area contributed by atoms with Crippen molar-refractivity contribution < 1.29 is 51.4 Å². The van der Waals surface area contributed by atoms with E-state index in [1.807, 2.05) is 0 Å². The number of rotatable bonds is 0. The molecule has 0 heterocycles. The van der Waals surface area contributed by atoms with E-state index in [1.54, 1.807) is 0 Å². The molecule has 0 aromatic carbocycles. The minimum atomic E-state index is 0. The molecule has 30 valence electrons. The van der Waals surface area contributed by atoms with Crippen LogP contribution in [0.15, 0.2) is 0 Å². The molecule has 5 heteroatoms. The molecule has 0 aliphatic heterocycles. The third-order valence-electron chi connectivity index (χ3n) is 0. The molecular weight excluding hydrogens is 157 g/mol. The van der Waals surface area contributed by atoms with Crippen LogP contribution in [-0.2, 0) is 0 Å². The minimum absolute atomic E-state index is 0. The molecule has 0 aromatic heterocycles. The Morgan fingerprint density at radius 1 is 0.625 bits per heavy atom. The maximum absolute atomic E-state index is 6.25. The monoisotopic (exact) mass is 157 g/mol. The van der Waals surface area contributed by atoms with Crippen LogP contribution in [0.3, 0.4) is 0 Å². The fourth-order valence-corrected chi connectivity index (χ4v) is 0. The van der Waals surface area contributed by atoms with Crippen molar-refractivity contribution in [2.24, 2.45) is 0 Å². The smallest absolute Gasteiger partial charge is 0.512 e. The molecule has 0 aliphatic rings. The summed E-state index contributed by atoms with van der Waals surface area (Å²) in [6, 6.07) is 0. The third-order valence-corrected chi connectivity index (χ3v) is 0. The molecule has 0 N–H and O–H groups in total. The number of nitrogens with zero attached hydrogens (tertiary/aromatic N) is 3. The quantitative estimate of drug-likeness (QED) is 0.276. The normalized spacial score (nSPS) is 0.750. The van der Waals surface area contributed by atoms with E-state index >= 15 is 0 Å². The molecule has 0 aromatic rings. The van der Waals surface area contributed by atoms with Crippen LogP contribution in [0.1, 0.15) is 0 Å². The molecule has 0 rings (SSSR count). The van der Waals surface area contributed by atoms with Crippen molar-refractivity contribution in [1.29, 1.82) is 15.8 Å². The molecular formula is C3CaKN3. The van der Waals surface area contributed by atoms with Crippen LogP contribution in [0.4, 0.5) is 0 Å². The second kappa shape index (κ2) is 243. The van der Waals surface area contributed by atoms with Crippen molar-refractivity contribution in [3.63, 3.8) is 0 Å². The van der Waals surface area contributed by atoms with Gasteiger partial charge in [0.25, 0.3) is 0 Å². The maximum Gasteiger partial charge on any atom is 2.00 e. The zero-order chi connectivity index (χ0) is 6.00. The predicted molar refractivity (Wildman–Crippen MR) is 20.7 cm³/mol. The fraction of sp³-hybridized carbons (Fsp3) is 0. The van der Waals surface area contributed by atoms with Gasteiger partial charge < -0.3 is 35.5 Å². The Kier molecular flexibility index (Phi) is 1050. The molecule has 0 unspecified atom stereocenters. The van der Waals surface area contributed by atoms with Crippen LogP contribution in [0.2, 0.25) is 0 Å². The topological polar surface area (TPSA) is 71.4 Å². The van der Waals surface area contributed by atoms with Crippen molar-refractivity contribution >= 4 is 37.7 Å². The third kappa shape index (κ3) is 160. The van der Waals surface area contributed by atoms with Gasteiger partial charge in [-0.2, -0.15) is 0 Å². The molecule has 0 saturated carbocycles. The van der Waals surface area contributed by atoms with E-state index < -0.39 is 0 Å². The second-order valence-corrected chi connectivity index (χ2v) is 0. The average Bonchev–Trinajstić information content (AvgIpc) is 1.81. The Morgan fingerprint density at radius 2 is 0.625 bits per heavy atom. The summed E-state index contributed by atoms with van der Waals surface area (Å²) < 4.78 is 0. The minimum Gasteiger partial charge on any atom is -0.512 e. The Balaban J connectivity index is -0.00000000500. The summed E-state index contributed by atoms with van der Waals surface area (Å²) >= 11 is 0. The standard InChI is InChI=1S/3CN.Ca.K/c3*1-2;;/q3*-1;+2;+1. The summed E-state index contributed by atoms with van der Waals surface area (Å²) in [6.07, 6.45) is 0. The van der Waals surface area contributed by atoms with E-state index in [-0.39, 0.29) is 89.1 Å². The summed E-state index contributed by atoms with van der Waals surface area (Å²) in [5, 5.41) is 18.8. The zero-order valence-electron chi connectivity index (χ0n) is 4.55. The molecule has 0 atom stereocenters. The molecule has 0 spiro atoms. The van der Waals surface area contributed by atoms with Gasteiger partial charge in [-0.1, -0.05) is 0 Å². The first kappa shape index (κ1) is 34.4. The van der Waals surface area contributed by atoms with Crippen molar-refractivity contribution in [1.82, 2.24) is 0 Å². The van der Waals surface area contributed by atoms with Crippen molar-refractivity contribution in [3.8, 4) is 0 Å². The van der Waals surface area contributed by atoms with E-state index in [9.17, 15) is 0 Å². The van der Waals surface area contributed by atoms with Gasteiger partial charge >= 0.3 is 89.1 Å². The molecule has 0 amide bonds. The SMILES string of the molecule is [C-]#N.[C-]#N.[C-]#N.[Ca+2].[K+]. The van der Waals surface area contributed by atoms with Gasteiger partial charge in [0.2, 0.25) is 0 Å². The van der Waals surface area contributed by atoms with Gasteiger partial charge in [-0.25, -0.2) is 0 Å². The van der Waals surface area contributed by atoms with Crippen LogP contribution in [0.5, 0.6) is 0 Å². The maximum atomic E-state index is 6.25. The Labute approximate surface area is 122 Å². The van der Waals surface area contributed by atoms with Crippen LogP contribution in [0, 0.1) is 35.5 Å². The van der Waals surface area contributed by atoms with Gasteiger partial charge in [-0.15, -0.1) is 0 Å². The zero-order valence-corrected chi connectivity index (χ0v) is 9.88. The molecule has 0 radical (unpaired) electrons. The summed E-state index contributed by atoms with van der Waals surface area (Å²) in [6.45, 7) is 14.2. The number of hydrogen-bond donors (Lipinski definition) is 0. The van der Waals surface area contributed by atoms with E-state index in [4.69, 9.17) is 35.5 Å². The summed E-state index contributed by atoms with van der Waals surface area (Å²) in [5.41, 5.74) is 0. The van der Waals surface area contributed by atoms with Gasteiger partial charge in [0.05, 0.1) is 0 Å². The second-order valence-electron chi connectivity index (χ2n) is 0. The van der Waals surface area contributed by atoms with Gasteiger partial charge in [0, 0.05) is 0 Å². The average molecular weight is 157 g/mol. The van der Waals surface area contributed by atoms with E-state index in [0.29, 0.717) is 0 Å². The van der Waals surface area contributed by atoms with Crippen LogP contribution >= 0.6 is 0 Å². The molecule has 0 bridgehead atoms. The van der Waals surface area contributed by atoms with Crippen molar-refractivity contribution in [3.05, 3.63) is 19.7 Å². The molecule has 0 saturated heterocycles. The predicted octanol–water partition coefficient (Wildman–Crippen LogP) is -3.09. The van der Waals surface area contributed by atoms with Gasteiger partial charge in [0.15, 0.2) is 0 Å². The van der Waals surface area contributed by atoms with Crippen LogP contribution in [-0.4, -0.2) is 37.7 Å². The number of hydrogen-bond acceptors (Lipinski definition) is 3. The summed E-state index contributed by atoms with van der Waals surface area (Å²) in [5.74, 6) is 0. The van der Waals surface area contributed by atoms with E-state index in [0.717, 1.165) is 0 Å². The van der Waals surface area contributed by atoms with Gasteiger partial charge in [0.1, 0.15) is 0 Å². The Hall–Kier alpha value is 1.37. The molecule has 0 fully saturated rings. The first-order valence-electron chi connectivity index (χ1n) is 0.671. The van der Waals surface area contributed by atoms with Crippen LogP contribution < -0.4 is 51.4 Å². The Bertz CT molecular complexity index is 43.0. The molecule has 3 nitrogen and oxygen atoms in total. The summed E-state index contributed by atoms with van der Waals surface area (Å²) in [4.78, 5) is 0. The van der Waals surface area contributed by atoms with E-state index in [2.05, 4.69) is 0 Å². The van der Waals surface area contributed by atoms with Gasteiger partial charge in [-0.3, -0.25) is 0 Å². The summed E-state index contributed by atoms with van der Waals surface area (Å²) in [7, 11) is 0. The largest absolute Gasteiger partial charge is 2.00 e. The van der Waals surface area contributed by atoms with Crippen molar-refractivity contribution in [2.75, 3.05) is 0 Å². The van der Waals surface area contributed by atoms with Crippen LogP contribution in [0.25, 0.3) is 0 Å². The van der Waals surface area contributed by atoms with Crippen molar-refractivity contribution in [2.45, 2.75) is 0 Å². The molecule has 8 heavy (non-hydrogen) atoms. The first-order chi connectivity index (χ1) is 3.00. The first-order valence-corrected chi connectivity index (χ1v) is 0.671. The Morgan fingerprint density at radius 3 is 0.625 bits per heavy atom. The van der Waals surface area contributed by atoms with Gasteiger partial charge in [-0.05, 0) is 0 Å². The fourth-order valence-electron chi connectivity index (χ4n) is 0. The van der Waals surface area contributed by atoms with E-state index in [1.165, 1.54) is 0 Å².